The van der Waals surface area contributed by atoms with Gasteiger partial charge in [0.15, 0.2) is 6.61 Å². The summed E-state index contributed by atoms with van der Waals surface area (Å²) in [6, 6.07) is 6.77. The fraction of sp³-hybridized carbons (Fsp3) is 0.450. The fourth-order valence-electron chi connectivity index (χ4n) is 3.19. The molecule has 150 valence electrons. The molecule has 0 aliphatic carbocycles. The molecule has 3 rings (SSSR count). The van der Waals surface area contributed by atoms with Gasteiger partial charge in [-0.3, -0.25) is 4.79 Å². The van der Waals surface area contributed by atoms with Crippen LogP contribution in [-0.4, -0.2) is 42.7 Å². The fourth-order valence-corrected chi connectivity index (χ4v) is 3.45. The summed E-state index contributed by atoms with van der Waals surface area (Å²) in [4.78, 5) is 23.4. The highest BCUT2D eigenvalue weighted by molar-refractivity contribution is 6.32. The van der Waals surface area contributed by atoms with Gasteiger partial charge in [0, 0.05) is 30.5 Å². The molecule has 0 spiro atoms. The summed E-state index contributed by atoms with van der Waals surface area (Å²) in [7, 11) is 1.54. The van der Waals surface area contributed by atoms with E-state index in [-0.39, 0.29) is 12.5 Å². The zero-order valence-electron chi connectivity index (χ0n) is 16.4. The van der Waals surface area contributed by atoms with Crippen molar-refractivity contribution >= 4 is 29.1 Å². The molecule has 28 heavy (non-hydrogen) atoms. The lowest BCUT2D eigenvalue weighted by molar-refractivity contribution is -0.118. The Morgan fingerprint density at radius 2 is 2.18 bits per heavy atom. The molecular formula is C20H25ClN4O3. The van der Waals surface area contributed by atoms with Crippen molar-refractivity contribution in [2.75, 3.05) is 37.0 Å². The second-order valence-corrected chi connectivity index (χ2v) is 7.43. The van der Waals surface area contributed by atoms with Gasteiger partial charge in [-0.25, -0.2) is 4.98 Å². The van der Waals surface area contributed by atoms with E-state index in [1.165, 1.54) is 13.5 Å². The number of nitrogens with one attached hydrogen (secondary N) is 1. The summed E-state index contributed by atoms with van der Waals surface area (Å²) in [6.07, 6.45) is 2.35. The lowest BCUT2D eigenvalue weighted by atomic mass is 10.0. The van der Waals surface area contributed by atoms with E-state index in [0.29, 0.717) is 34.2 Å². The van der Waals surface area contributed by atoms with Crippen LogP contribution in [0.5, 0.6) is 11.6 Å². The second-order valence-electron chi connectivity index (χ2n) is 7.03. The summed E-state index contributed by atoms with van der Waals surface area (Å²) in [5.74, 6) is 1.91. The van der Waals surface area contributed by atoms with Gasteiger partial charge in [0.2, 0.25) is 11.8 Å². The van der Waals surface area contributed by atoms with E-state index in [1.54, 1.807) is 24.3 Å². The van der Waals surface area contributed by atoms with E-state index in [1.807, 2.05) is 6.92 Å². The molecule has 1 aromatic heterocycles. The first-order valence-corrected chi connectivity index (χ1v) is 9.69. The molecule has 0 saturated carbocycles. The van der Waals surface area contributed by atoms with Crippen molar-refractivity contribution in [2.45, 2.75) is 26.7 Å². The molecule has 1 aliphatic rings. The summed E-state index contributed by atoms with van der Waals surface area (Å²) >= 11 is 6.08. The van der Waals surface area contributed by atoms with Gasteiger partial charge in [-0.2, -0.15) is 4.98 Å². The van der Waals surface area contributed by atoms with Crippen LogP contribution >= 0.6 is 11.6 Å². The van der Waals surface area contributed by atoms with Crippen LogP contribution in [0.25, 0.3) is 0 Å². The first-order valence-electron chi connectivity index (χ1n) is 9.31. The summed E-state index contributed by atoms with van der Waals surface area (Å²) < 4.78 is 10.7. The highest BCUT2D eigenvalue weighted by Gasteiger charge is 2.19. The molecule has 1 aromatic carbocycles. The Balaban J connectivity index is 1.60. The van der Waals surface area contributed by atoms with Gasteiger partial charge in [0.1, 0.15) is 5.75 Å². The molecule has 2 aromatic rings. The van der Waals surface area contributed by atoms with Crippen LogP contribution in [0.1, 0.15) is 25.5 Å². The Hall–Kier alpha value is -2.54. The number of anilines is 2. The van der Waals surface area contributed by atoms with E-state index in [9.17, 15) is 4.79 Å². The van der Waals surface area contributed by atoms with E-state index >= 15 is 0 Å². The second kappa shape index (κ2) is 9.10. The van der Waals surface area contributed by atoms with Crippen LogP contribution in [0.4, 0.5) is 11.6 Å². The van der Waals surface area contributed by atoms with E-state index in [0.717, 1.165) is 25.2 Å². The molecule has 0 bridgehead atoms. The number of aromatic nitrogens is 2. The highest BCUT2D eigenvalue weighted by Crippen LogP contribution is 2.27. The molecule has 1 N–H and O–H groups in total. The lowest BCUT2D eigenvalue weighted by Gasteiger charge is -2.31. The number of halogens is 1. The minimum Gasteiger partial charge on any atom is -0.495 e. The van der Waals surface area contributed by atoms with Crippen LogP contribution in [0.15, 0.2) is 24.3 Å². The third-order valence-corrected chi connectivity index (χ3v) is 4.84. The summed E-state index contributed by atoms with van der Waals surface area (Å²) in [6.45, 7) is 5.84. The average molecular weight is 405 g/mol. The Kier molecular flexibility index (Phi) is 6.57. The predicted octanol–water partition coefficient (Wildman–Crippen LogP) is 3.70. The molecule has 1 atom stereocenters. The summed E-state index contributed by atoms with van der Waals surface area (Å²) in [5.41, 5.74) is 1.38. The van der Waals surface area contributed by atoms with E-state index in [4.69, 9.17) is 21.1 Å². The van der Waals surface area contributed by atoms with Crippen molar-refractivity contribution in [3.8, 4) is 11.6 Å². The quantitative estimate of drug-likeness (QED) is 0.791. The maximum absolute atomic E-state index is 12.2. The van der Waals surface area contributed by atoms with Gasteiger partial charge in [0.25, 0.3) is 5.91 Å². The third kappa shape index (κ3) is 5.25. The van der Waals surface area contributed by atoms with Crippen LogP contribution in [-0.2, 0) is 4.79 Å². The molecular weight excluding hydrogens is 380 g/mol. The molecule has 1 saturated heterocycles. The first-order chi connectivity index (χ1) is 13.4. The highest BCUT2D eigenvalue weighted by atomic mass is 35.5. The van der Waals surface area contributed by atoms with E-state index < -0.39 is 0 Å². The average Bonchev–Trinajstić information content (AvgIpc) is 2.66. The predicted molar refractivity (Wildman–Crippen MR) is 110 cm³/mol. The minimum absolute atomic E-state index is 0.157. The van der Waals surface area contributed by atoms with Crippen molar-refractivity contribution in [2.24, 2.45) is 5.92 Å². The SMILES string of the molecule is COc1ccc(NC(=O)COc2cc(C)nc(N3CCCC(C)C3)n2)cc1Cl. The lowest BCUT2D eigenvalue weighted by Crippen LogP contribution is -2.35. The van der Waals surface area contributed by atoms with Crippen molar-refractivity contribution in [3.05, 3.63) is 35.0 Å². The molecule has 7 nitrogen and oxygen atoms in total. The molecule has 1 amide bonds. The number of methoxy groups -OCH3 is 1. The zero-order valence-corrected chi connectivity index (χ0v) is 17.1. The molecule has 2 heterocycles. The molecule has 1 fully saturated rings. The van der Waals surface area contributed by atoms with Crippen LogP contribution in [0.3, 0.4) is 0 Å². The van der Waals surface area contributed by atoms with Gasteiger partial charge in [-0.05, 0) is 43.9 Å². The minimum atomic E-state index is -0.300. The van der Waals surface area contributed by atoms with E-state index in [2.05, 4.69) is 27.1 Å². The maximum Gasteiger partial charge on any atom is 0.262 e. The molecule has 0 radical (unpaired) electrons. The van der Waals surface area contributed by atoms with Gasteiger partial charge < -0.3 is 19.7 Å². The van der Waals surface area contributed by atoms with Crippen molar-refractivity contribution in [3.63, 3.8) is 0 Å². The number of piperidine rings is 1. The number of ether oxygens (including phenoxy) is 2. The van der Waals surface area contributed by atoms with Gasteiger partial charge in [0.05, 0.1) is 12.1 Å². The third-order valence-electron chi connectivity index (χ3n) is 4.55. The van der Waals surface area contributed by atoms with Gasteiger partial charge in [-0.1, -0.05) is 18.5 Å². The number of amides is 1. The number of aryl methyl sites for hydroxylation is 1. The standard InChI is InChI=1S/C20H25ClN4O3/c1-13-5-4-8-25(11-13)20-22-14(2)9-19(24-20)28-12-18(26)23-15-6-7-17(27-3)16(21)10-15/h6-7,9-10,13H,4-5,8,11-12H2,1-3H3,(H,23,26). The number of hydrogen-bond donors (Lipinski definition) is 1. The van der Waals surface area contributed by atoms with Crippen LogP contribution in [0.2, 0.25) is 5.02 Å². The van der Waals surface area contributed by atoms with Gasteiger partial charge >= 0.3 is 0 Å². The smallest absolute Gasteiger partial charge is 0.262 e. The van der Waals surface area contributed by atoms with Crippen molar-refractivity contribution < 1.29 is 14.3 Å². The Morgan fingerprint density at radius 3 is 2.89 bits per heavy atom. The van der Waals surface area contributed by atoms with Crippen LogP contribution in [0, 0.1) is 12.8 Å². The number of carbonyl (C=O) groups is 1. The topological polar surface area (TPSA) is 76.6 Å². The largest absolute Gasteiger partial charge is 0.495 e. The number of rotatable bonds is 6. The Bertz CT molecular complexity index is 846. The number of nitrogens with zero attached hydrogens (tertiary/aromatic N) is 3. The first kappa shape index (κ1) is 20.2. The number of benzene rings is 1. The molecule has 1 aliphatic heterocycles. The zero-order chi connectivity index (χ0) is 20.1. The van der Waals surface area contributed by atoms with Gasteiger partial charge in [-0.15, -0.1) is 0 Å². The number of carbonyl (C=O) groups excluding carboxylic acids is 1. The Labute approximate surface area is 170 Å². The van der Waals surface area contributed by atoms with Crippen LogP contribution < -0.4 is 19.7 Å². The summed E-state index contributed by atoms with van der Waals surface area (Å²) in [5, 5.41) is 3.17. The van der Waals surface area contributed by atoms with Crippen molar-refractivity contribution in [1.29, 1.82) is 0 Å². The molecule has 8 heteroatoms. The normalized spacial score (nSPS) is 16.6. The molecule has 1 unspecified atom stereocenters. The monoisotopic (exact) mass is 404 g/mol. The Morgan fingerprint density at radius 1 is 1.36 bits per heavy atom. The number of hydrogen-bond acceptors (Lipinski definition) is 6. The maximum atomic E-state index is 12.2. The van der Waals surface area contributed by atoms with Crippen molar-refractivity contribution in [1.82, 2.24) is 9.97 Å².